The fourth-order valence-corrected chi connectivity index (χ4v) is 2.92. The third-order valence-electron chi connectivity index (χ3n) is 2.73. The minimum absolute atomic E-state index is 0.0116. The number of aliphatic hydroxyl groups excluding tert-OH is 1. The van der Waals surface area contributed by atoms with Gasteiger partial charge in [0.05, 0.1) is 22.5 Å². The zero-order valence-electron chi connectivity index (χ0n) is 11.6. The van der Waals surface area contributed by atoms with Crippen LogP contribution in [0.5, 0.6) is 0 Å². The monoisotopic (exact) mass is 319 g/mol. The summed E-state index contributed by atoms with van der Waals surface area (Å²) in [6.07, 6.45) is -0.981. The molecule has 0 saturated carbocycles. The average molecular weight is 319 g/mol. The highest BCUT2D eigenvalue weighted by Gasteiger charge is 2.25. The van der Waals surface area contributed by atoms with Crippen LogP contribution in [0, 0.1) is 10.1 Å². The Balaban J connectivity index is 3.02. The van der Waals surface area contributed by atoms with Gasteiger partial charge in [0.2, 0.25) is 10.0 Å². The van der Waals surface area contributed by atoms with Crippen LogP contribution in [0.15, 0.2) is 23.1 Å². The van der Waals surface area contributed by atoms with Gasteiger partial charge in [0.1, 0.15) is 5.69 Å². The van der Waals surface area contributed by atoms with Gasteiger partial charge in [-0.25, -0.2) is 8.42 Å². The number of hydrogen-bond acceptors (Lipinski definition) is 7. The molecule has 1 unspecified atom stereocenters. The van der Waals surface area contributed by atoms with Crippen molar-refractivity contribution >= 4 is 21.4 Å². The second kappa shape index (κ2) is 6.80. The molecule has 1 aromatic carbocycles. The lowest BCUT2D eigenvalue weighted by atomic mass is 10.3. The number of sulfonamides is 1. The first-order valence-corrected chi connectivity index (χ1v) is 7.31. The summed E-state index contributed by atoms with van der Waals surface area (Å²) in [6, 6.07) is 3.15. The minimum atomic E-state index is -3.90. The maximum Gasteiger partial charge on any atom is 0.292 e. The zero-order chi connectivity index (χ0) is 16.2. The number of aliphatic hydroxyl groups is 1. The first-order chi connectivity index (χ1) is 9.70. The van der Waals surface area contributed by atoms with E-state index in [0.29, 0.717) is 0 Å². The molecule has 0 amide bonds. The number of anilines is 1. The number of hydrogen-bond donors (Lipinski definition) is 2. The van der Waals surface area contributed by atoms with Crippen LogP contribution in [-0.4, -0.2) is 56.2 Å². The number of benzene rings is 1. The molecule has 0 bridgehead atoms. The first kappa shape index (κ1) is 17.3. The molecule has 10 heteroatoms. The van der Waals surface area contributed by atoms with Crippen LogP contribution in [0.1, 0.15) is 0 Å². The number of likely N-dealkylation sites (N-methyl/N-ethyl adjacent to an activating group) is 1. The molecule has 0 aliphatic heterocycles. The number of nitrogens with two attached hydrogens (primary N) is 1. The van der Waals surface area contributed by atoms with Crippen LogP contribution >= 0.6 is 0 Å². The predicted molar refractivity (Wildman–Crippen MR) is 75.2 cm³/mol. The lowest BCUT2D eigenvalue weighted by Crippen LogP contribution is -2.36. The quantitative estimate of drug-likeness (QED) is 0.403. The van der Waals surface area contributed by atoms with Gasteiger partial charge in [-0.3, -0.25) is 10.1 Å². The number of methoxy groups -OCH3 is 1. The maximum absolute atomic E-state index is 12.3. The molecule has 118 valence electrons. The molecule has 0 fully saturated rings. The van der Waals surface area contributed by atoms with E-state index in [1.807, 2.05) is 0 Å². The topological polar surface area (TPSA) is 136 Å². The van der Waals surface area contributed by atoms with E-state index in [9.17, 15) is 23.6 Å². The van der Waals surface area contributed by atoms with E-state index in [4.69, 9.17) is 10.5 Å². The number of nitrogens with zero attached hydrogens (tertiary/aromatic N) is 2. The third kappa shape index (κ3) is 4.11. The molecular formula is C11H17N3O6S. The van der Waals surface area contributed by atoms with E-state index in [1.54, 1.807) is 0 Å². The van der Waals surface area contributed by atoms with Crippen LogP contribution in [-0.2, 0) is 14.8 Å². The van der Waals surface area contributed by atoms with Crippen molar-refractivity contribution in [2.24, 2.45) is 0 Å². The molecule has 0 heterocycles. The molecule has 9 nitrogen and oxygen atoms in total. The number of rotatable bonds is 7. The maximum atomic E-state index is 12.3. The summed E-state index contributed by atoms with van der Waals surface area (Å²) in [6.45, 7) is -0.185. The van der Waals surface area contributed by atoms with Crippen molar-refractivity contribution in [2.45, 2.75) is 11.0 Å². The van der Waals surface area contributed by atoms with Gasteiger partial charge in [-0.2, -0.15) is 4.31 Å². The molecule has 0 radical (unpaired) electrons. The van der Waals surface area contributed by atoms with E-state index in [2.05, 4.69) is 0 Å². The Morgan fingerprint density at radius 2 is 2.14 bits per heavy atom. The highest BCUT2D eigenvalue weighted by Crippen LogP contribution is 2.25. The third-order valence-corrected chi connectivity index (χ3v) is 4.55. The van der Waals surface area contributed by atoms with Crippen molar-refractivity contribution in [3.63, 3.8) is 0 Å². The van der Waals surface area contributed by atoms with Crippen LogP contribution in [0.3, 0.4) is 0 Å². The van der Waals surface area contributed by atoms with Gasteiger partial charge < -0.3 is 15.6 Å². The highest BCUT2D eigenvalue weighted by atomic mass is 32.2. The average Bonchev–Trinajstić information content (AvgIpc) is 2.38. The van der Waals surface area contributed by atoms with Crippen molar-refractivity contribution in [3.05, 3.63) is 28.3 Å². The lowest BCUT2D eigenvalue weighted by Gasteiger charge is -2.20. The van der Waals surface area contributed by atoms with E-state index in [0.717, 1.165) is 22.5 Å². The molecule has 3 N–H and O–H groups in total. The van der Waals surface area contributed by atoms with Gasteiger partial charge in [0.25, 0.3) is 5.69 Å². The SMILES string of the molecule is COCC(O)CN(C)S(=O)(=O)c1ccc([N+](=O)[O-])c(N)c1. The first-order valence-electron chi connectivity index (χ1n) is 5.87. The van der Waals surface area contributed by atoms with E-state index >= 15 is 0 Å². The smallest absolute Gasteiger partial charge is 0.292 e. The molecule has 0 aromatic heterocycles. The van der Waals surface area contributed by atoms with Crippen molar-refractivity contribution in [3.8, 4) is 0 Å². The Labute approximate surface area is 122 Å². The molecule has 1 aromatic rings. The number of nitro benzene ring substituents is 1. The summed E-state index contributed by atoms with van der Waals surface area (Å²) < 4.78 is 30.2. The number of ether oxygens (including phenoxy) is 1. The normalized spacial score (nSPS) is 13.3. The number of nitro groups is 1. The number of nitrogen functional groups attached to an aromatic ring is 1. The summed E-state index contributed by atoms with van der Waals surface area (Å²) >= 11 is 0. The lowest BCUT2D eigenvalue weighted by molar-refractivity contribution is -0.383. The van der Waals surface area contributed by atoms with Crippen LogP contribution < -0.4 is 5.73 Å². The van der Waals surface area contributed by atoms with Crippen molar-refractivity contribution < 1.29 is 23.2 Å². The van der Waals surface area contributed by atoms with Gasteiger partial charge in [-0.15, -0.1) is 0 Å². The van der Waals surface area contributed by atoms with Gasteiger partial charge in [0, 0.05) is 26.8 Å². The largest absolute Gasteiger partial charge is 0.393 e. The zero-order valence-corrected chi connectivity index (χ0v) is 12.4. The Bertz CT molecular complexity index is 618. The summed E-state index contributed by atoms with van der Waals surface area (Å²) in [4.78, 5) is 9.77. The minimum Gasteiger partial charge on any atom is -0.393 e. The summed E-state index contributed by atoms with van der Waals surface area (Å²) in [5.41, 5.74) is 4.87. The molecule has 0 saturated heterocycles. The fraction of sp³-hybridized carbons (Fsp3) is 0.455. The van der Waals surface area contributed by atoms with Crippen LogP contribution in [0.25, 0.3) is 0 Å². The second-order valence-electron chi connectivity index (χ2n) is 4.37. The highest BCUT2D eigenvalue weighted by molar-refractivity contribution is 7.89. The summed E-state index contributed by atoms with van der Waals surface area (Å²) in [7, 11) is -1.23. The van der Waals surface area contributed by atoms with Crippen LogP contribution in [0.2, 0.25) is 0 Å². The summed E-state index contributed by atoms with van der Waals surface area (Å²) in [5, 5.41) is 20.2. The molecule has 0 spiro atoms. The van der Waals surface area contributed by atoms with Crippen molar-refractivity contribution in [1.82, 2.24) is 4.31 Å². The van der Waals surface area contributed by atoms with Gasteiger partial charge in [-0.05, 0) is 12.1 Å². The standard InChI is InChI=1S/C11H17N3O6S/c1-13(6-8(15)7-20-2)21(18,19)9-3-4-11(14(16)17)10(12)5-9/h3-5,8,15H,6-7,12H2,1-2H3. The van der Waals surface area contributed by atoms with E-state index < -0.39 is 21.1 Å². The van der Waals surface area contributed by atoms with Crippen LogP contribution in [0.4, 0.5) is 11.4 Å². The summed E-state index contributed by atoms with van der Waals surface area (Å²) in [5.74, 6) is 0. The molecule has 0 aliphatic carbocycles. The van der Waals surface area contributed by atoms with Gasteiger partial charge >= 0.3 is 0 Å². The predicted octanol–water partition coefficient (Wildman–Crippen LogP) is -0.195. The van der Waals surface area contributed by atoms with E-state index in [-0.39, 0.29) is 29.4 Å². The van der Waals surface area contributed by atoms with Gasteiger partial charge in [0.15, 0.2) is 0 Å². The molecule has 0 aliphatic rings. The Hall–Kier alpha value is -1.75. The fourth-order valence-electron chi connectivity index (χ4n) is 1.68. The van der Waals surface area contributed by atoms with E-state index in [1.165, 1.54) is 14.2 Å². The molecule has 1 rings (SSSR count). The Morgan fingerprint density at radius 3 is 2.62 bits per heavy atom. The Morgan fingerprint density at radius 1 is 1.52 bits per heavy atom. The Kier molecular flexibility index (Phi) is 5.61. The van der Waals surface area contributed by atoms with Crippen molar-refractivity contribution in [1.29, 1.82) is 0 Å². The molecular weight excluding hydrogens is 302 g/mol. The second-order valence-corrected chi connectivity index (χ2v) is 6.42. The van der Waals surface area contributed by atoms with Gasteiger partial charge in [-0.1, -0.05) is 0 Å². The molecule has 21 heavy (non-hydrogen) atoms. The van der Waals surface area contributed by atoms with Crippen molar-refractivity contribution in [2.75, 3.05) is 33.0 Å². The molecule has 1 atom stereocenters.